The van der Waals surface area contributed by atoms with E-state index in [9.17, 15) is 0 Å². The van der Waals surface area contributed by atoms with Crippen molar-refractivity contribution in [3.63, 3.8) is 0 Å². The minimum atomic E-state index is -0.198. The highest BCUT2D eigenvalue weighted by molar-refractivity contribution is 6.15. The predicted molar refractivity (Wildman–Crippen MR) is 308 cm³/mol. The number of hydrogen-bond acceptors (Lipinski definition) is 5. The van der Waals surface area contributed by atoms with Crippen LogP contribution in [0.4, 0.5) is 22.7 Å². The topological polar surface area (TPSA) is 46.7 Å². The van der Waals surface area contributed by atoms with E-state index in [1.54, 1.807) is 0 Å². The van der Waals surface area contributed by atoms with E-state index >= 15 is 0 Å². The van der Waals surface area contributed by atoms with Crippen LogP contribution < -0.4 is 14.5 Å². The molecule has 360 valence electrons. The normalized spacial score (nSPS) is 12.9. The number of fused-ring (bicyclic) bond motifs is 8. The van der Waals surface area contributed by atoms with Gasteiger partial charge in [-0.05, 0) is 111 Å². The molecule has 6 nitrogen and oxygen atoms in total. The van der Waals surface area contributed by atoms with Gasteiger partial charge in [-0.2, -0.15) is 0 Å². The van der Waals surface area contributed by atoms with Gasteiger partial charge in [-0.1, -0.05) is 175 Å². The maximum absolute atomic E-state index is 7.15. The molecule has 0 spiro atoms. The molecule has 0 N–H and O–H groups in total. The summed E-state index contributed by atoms with van der Waals surface area (Å²) in [7, 11) is 0. The fraction of sp³-hybridized carbons (Fsp3) is 0.132. The second-order valence-electron chi connectivity index (χ2n) is 21.7. The number of hydrogen-bond donors (Lipinski definition) is 0. The summed E-state index contributed by atoms with van der Waals surface area (Å²) in [4.78, 5) is 9.92. The lowest BCUT2D eigenvalue weighted by molar-refractivity contribution is 0.479. The van der Waals surface area contributed by atoms with Crippen LogP contribution in [0.1, 0.15) is 52.7 Å². The van der Waals surface area contributed by atoms with E-state index in [0.29, 0.717) is 6.67 Å². The standard InChI is InChI=1S/C68H56N4O2/c1-67(2,3)48-35-36-69-63(40-48)72-59-33-29-47(44-19-10-7-11-20-44)37-58(59)55-31-30-51(42-61(55)72)73-52-39-49(68(4,5)6)38-50(41-52)70-43-71(65-60(70)34-32-57-56-25-16-17-28-62(56)74-66(57)65)64-53(45-21-12-8-13-22-45)26-18-27-54(64)46-23-14-9-15-24-46/h7-42H,43H2,1-6H3. The van der Waals surface area contributed by atoms with Crippen LogP contribution in [0.15, 0.2) is 223 Å². The van der Waals surface area contributed by atoms with Gasteiger partial charge in [-0.15, -0.1) is 0 Å². The first-order chi connectivity index (χ1) is 35.9. The molecule has 0 radical (unpaired) electrons. The number of aromatic nitrogens is 2. The first-order valence-corrected chi connectivity index (χ1v) is 25.6. The van der Waals surface area contributed by atoms with Crippen molar-refractivity contribution in [2.24, 2.45) is 0 Å². The average Bonchev–Trinajstić information content (AvgIpc) is 4.11. The maximum Gasteiger partial charge on any atom is 0.161 e. The monoisotopic (exact) mass is 960 g/mol. The van der Waals surface area contributed by atoms with E-state index < -0.39 is 0 Å². The van der Waals surface area contributed by atoms with Crippen molar-refractivity contribution in [3.05, 3.63) is 230 Å². The molecule has 0 saturated carbocycles. The van der Waals surface area contributed by atoms with Gasteiger partial charge in [0.2, 0.25) is 0 Å². The number of para-hydroxylation sites is 2. The lowest BCUT2D eigenvalue weighted by Gasteiger charge is -2.28. The van der Waals surface area contributed by atoms with Gasteiger partial charge in [0.15, 0.2) is 5.58 Å². The summed E-state index contributed by atoms with van der Waals surface area (Å²) in [6.45, 7) is 14.1. The van der Waals surface area contributed by atoms with Crippen LogP contribution >= 0.6 is 0 Å². The van der Waals surface area contributed by atoms with Crippen LogP contribution in [0.25, 0.3) is 82.9 Å². The number of pyridine rings is 1. The lowest BCUT2D eigenvalue weighted by Crippen LogP contribution is -2.25. The quantitative estimate of drug-likeness (QED) is 0.152. The molecule has 6 heteroatoms. The van der Waals surface area contributed by atoms with Crippen molar-refractivity contribution < 1.29 is 9.15 Å². The molecule has 74 heavy (non-hydrogen) atoms. The van der Waals surface area contributed by atoms with Crippen LogP contribution in [0.3, 0.4) is 0 Å². The molecule has 0 fully saturated rings. The van der Waals surface area contributed by atoms with Crippen molar-refractivity contribution in [1.82, 2.24) is 9.55 Å². The van der Waals surface area contributed by atoms with Crippen molar-refractivity contribution in [1.29, 1.82) is 0 Å². The van der Waals surface area contributed by atoms with Gasteiger partial charge in [-0.3, -0.25) is 4.57 Å². The third kappa shape index (κ3) is 7.77. The Kier molecular flexibility index (Phi) is 10.6. The summed E-state index contributed by atoms with van der Waals surface area (Å²) >= 11 is 0. The van der Waals surface area contributed by atoms with Crippen molar-refractivity contribution in [2.45, 2.75) is 52.4 Å². The Bertz CT molecular complexity index is 4050. The van der Waals surface area contributed by atoms with E-state index in [1.165, 1.54) is 16.7 Å². The van der Waals surface area contributed by atoms with Crippen LogP contribution in [0, 0.1) is 0 Å². The summed E-state index contributed by atoms with van der Waals surface area (Å²) in [6, 6.07) is 76.0. The van der Waals surface area contributed by atoms with Gasteiger partial charge in [0.25, 0.3) is 0 Å². The number of nitrogens with zero attached hydrogens (tertiary/aromatic N) is 4. The number of furan rings is 1. The fourth-order valence-electron chi connectivity index (χ4n) is 11.0. The lowest BCUT2D eigenvalue weighted by atomic mass is 9.86. The Morgan fingerprint density at radius 3 is 1.81 bits per heavy atom. The van der Waals surface area contributed by atoms with Gasteiger partial charge < -0.3 is 19.0 Å². The molecular formula is C68H56N4O2. The van der Waals surface area contributed by atoms with Gasteiger partial charge in [0.05, 0.1) is 22.4 Å². The Hall–Kier alpha value is -8.87. The molecular weight excluding hydrogens is 905 g/mol. The maximum atomic E-state index is 7.15. The highest BCUT2D eigenvalue weighted by Gasteiger charge is 2.36. The highest BCUT2D eigenvalue weighted by atomic mass is 16.5. The first-order valence-electron chi connectivity index (χ1n) is 25.6. The Morgan fingerprint density at radius 1 is 0.446 bits per heavy atom. The van der Waals surface area contributed by atoms with Crippen LogP contribution in [0.2, 0.25) is 0 Å². The van der Waals surface area contributed by atoms with E-state index in [0.717, 1.165) is 112 Å². The van der Waals surface area contributed by atoms with Gasteiger partial charge >= 0.3 is 0 Å². The number of rotatable bonds is 8. The molecule has 0 saturated heterocycles. The molecule has 13 rings (SSSR count). The summed E-state index contributed by atoms with van der Waals surface area (Å²) < 4.78 is 16.4. The zero-order valence-electron chi connectivity index (χ0n) is 42.6. The van der Waals surface area contributed by atoms with Crippen molar-refractivity contribution in [2.75, 3.05) is 16.5 Å². The van der Waals surface area contributed by atoms with E-state index in [1.807, 2.05) is 12.3 Å². The smallest absolute Gasteiger partial charge is 0.161 e. The number of anilines is 4. The SMILES string of the molecule is CC(C)(C)c1cc(Oc2ccc3c4cc(-c5ccccc5)ccc4n(-c4cc(C(C)(C)C)ccn4)c3c2)cc(N2CN(c3c(-c4ccccc4)cccc3-c3ccccc3)c3c2ccc2c3oc3ccccc32)c1. The zero-order chi connectivity index (χ0) is 50.3. The molecule has 0 bridgehead atoms. The Morgan fingerprint density at radius 2 is 1.11 bits per heavy atom. The molecule has 4 heterocycles. The molecule has 3 aromatic heterocycles. The molecule has 12 aromatic rings. The summed E-state index contributed by atoms with van der Waals surface area (Å²) in [5.74, 6) is 2.37. The second kappa shape index (κ2) is 17.4. The minimum Gasteiger partial charge on any atom is -0.457 e. The predicted octanol–water partition coefficient (Wildman–Crippen LogP) is 18.7. The van der Waals surface area contributed by atoms with Gasteiger partial charge in [0, 0.05) is 56.7 Å². The van der Waals surface area contributed by atoms with E-state index in [4.69, 9.17) is 14.1 Å². The molecule has 0 amide bonds. The Labute approximate surface area is 432 Å². The second-order valence-corrected chi connectivity index (χ2v) is 21.7. The van der Waals surface area contributed by atoms with Crippen LogP contribution in [0.5, 0.6) is 11.5 Å². The Balaban J connectivity index is 0.981. The molecule has 9 aromatic carbocycles. The fourth-order valence-corrected chi connectivity index (χ4v) is 11.0. The number of ether oxygens (including phenoxy) is 1. The molecule has 1 aliphatic heterocycles. The minimum absolute atomic E-state index is 0.0542. The third-order valence-electron chi connectivity index (χ3n) is 14.8. The van der Waals surface area contributed by atoms with E-state index in [-0.39, 0.29) is 10.8 Å². The molecule has 0 atom stereocenters. The average molecular weight is 961 g/mol. The van der Waals surface area contributed by atoms with Crippen molar-refractivity contribution in [3.8, 4) is 50.7 Å². The molecule has 0 aliphatic carbocycles. The molecule has 0 unspecified atom stereocenters. The van der Waals surface area contributed by atoms with Crippen molar-refractivity contribution >= 4 is 66.5 Å². The zero-order valence-corrected chi connectivity index (χ0v) is 42.6. The largest absolute Gasteiger partial charge is 0.457 e. The summed E-state index contributed by atoms with van der Waals surface area (Å²) in [5, 5.41) is 4.47. The third-order valence-corrected chi connectivity index (χ3v) is 14.8. The first kappa shape index (κ1) is 45.0. The summed E-state index contributed by atoms with van der Waals surface area (Å²) in [6.07, 6.45) is 1.94. The van der Waals surface area contributed by atoms with E-state index in [2.05, 4.69) is 262 Å². The van der Waals surface area contributed by atoms with Crippen LogP contribution in [-0.4, -0.2) is 16.2 Å². The molecule has 1 aliphatic rings. The van der Waals surface area contributed by atoms with Gasteiger partial charge in [0.1, 0.15) is 35.3 Å². The highest BCUT2D eigenvalue weighted by Crippen LogP contribution is 2.54. The van der Waals surface area contributed by atoms with Crippen LogP contribution in [-0.2, 0) is 10.8 Å². The summed E-state index contributed by atoms with van der Waals surface area (Å²) in [5.41, 5.74) is 17.1. The van der Waals surface area contributed by atoms with Gasteiger partial charge in [-0.25, -0.2) is 4.98 Å². The number of benzene rings is 9.